The van der Waals surface area contributed by atoms with Gasteiger partial charge in [-0.3, -0.25) is 0 Å². The molecule has 6 aromatic rings. The van der Waals surface area contributed by atoms with Crippen LogP contribution in [0.15, 0.2) is 121 Å². The molecule has 54 heavy (non-hydrogen) atoms. The second-order valence-corrected chi connectivity index (χ2v) is 19.9. The largest absolute Gasteiger partial charge is 0.0619 e. The third-order valence-electron chi connectivity index (χ3n) is 14.7. The number of fused-ring (bicyclic) bond motifs is 6. The van der Waals surface area contributed by atoms with E-state index in [1.165, 1.54) is 89.0 Å². The lowest BCUT2D eigenvalue weighted by Crippen LogP contribution is -2.37. The van der Waals surface area contributed by atoms with Gasteiger partial charge in [0.15, 0.2) is 0 Å². The minimum absolute atomic E-state index is 0.0400. The predicted molar refractivity (Wildman–Crippen MR) is 229 cm³/mol. The zero-order chi connectivity index (χ0) is 38.4. The first kappa shape index (κ1) is 35.0. The summed E-state index contributed by atoms with van der Waals surface area (Å²) in [6.45, 7) is 28.9. The van der Waals surface area contributed by atoms with Crippen LogP contribution in [-0.4, -0.2) is 0 Å². The van der Waals surface area contributed by atoms with E-state index in [0.29, 0.717) is 0 Å². The molecular formula is C54H56. The highest BCUT2D eigenvalue weighted by molar-refractivity contribution is 5.75. The third kappa shape index (κ3) is 4.55. The van der Waals surface area contributed by atoms with Gasteiger partial charge >= 0.3 is 0 Å². The molecule has 0 aliphatic heterocycles. The van der Waals surface area contributed by atoms with Crippen molar-refractivity contribution in [2.24, 2.45) is 0 Å². The van der Waals surface area contributed by atoms with Crippen molar-refractivity contribution < 1.29 is 0 Å². The third-order valence-corrected chi connectivity index (χ3v) is 14.7. The number of hydrogen-bond acceptors (Lipinski definition) is 0. The van der Waals surface area contributed by atoms with E-state index < -0.39 is 0 Å². The quantitative estimate of drug-likeness (QED) is 0.168. The molecule has 0 saturated heterocycles. The number of benzene rings is 6. The number of rotatable bonds is 2. The van der Waals surface area contributed by atoms with E-state index in [-0.39, 0.29) is 32.5 Å². The minimum atomic E-state index is -0.144. The van der Waals surface area contributed by atoms with Gasteiger partial charge in [0.1, 0.15) is 0 Å². The molecule has 0 aromatic heterocycles. The molecule has 272 valence electrons. The summed E-state index contributed by atoms with van der Waals surface area (Å²) in [6, 6.07) is 47.3. The summed E-state index contributed by atoms with van der Waals surface area (Å²) in [5, 5.41) is 0. The van der Waals surface area contributed by atoms with Crippen LogP contribution in [0.4, 0.5) is 0 Å². The Labute approximate surface area is 324 Å². The molecule has 0 nitrogen and oxygen atoms in total. The van der Waals surface area contributed by atoms with Crippen LogP contribution in [0.1, 0.15) is 150 Å². The van der Waals surface area contributed by atoms with Gasteiger partial charge in [-0.25, -0.2) is 0 Å². The molecule has 3 aliphatic rings. The van der Waals surface area contributed by atoms with E-state index in [9.17, 15) is 0 Å². The van der Waals surface area contributed by atoms with E-state index in [1.54, 1.807) is 0 Å². The molecule has 0 unspecified atom stereocenters. The summed E-state index contributed by atoms with van der Waals surface area (Å²) in [5.74, 6) is 0. The molecule has 0 radical (unpaired) electrons. The van der Waals surface area contributed by atoms with E-state index in [1.807, 2.05) is 0 Å². The Morgan fingerprint density at radius 3 is 0.574 bits per heavy atom. The highest BCUT2D eigenvalue weighted by Gasteiger charge is 2.45. The molecular weight excluding hydrogens is 649 g/mol. The van der Waals surface area contributed by atoms with Crippen molar-refractivity contribution in [3.05, 3.63) is 188 Å². The first-order valence-corrected chi connectivity index (χ1v) is 20.1. The Morgan fingerprint density at radius 2 is 0.370 bits per heavy atom. The summed E-state index contributed by atoms with van der Waals surface area (Å²) in [6.07, 6.45) is 0. The van der Waals surface area contributed by atoms with Gasteiger partial charge in [-0.2, -0.15) is 0 Å². The van der Waals surface area contributed by atoms with E-state index in [4.69, 9.17) is 0 Å². The summed E-state index contributed by atoms with van der Waals surface area (Å²) in [5.41, 5.74) is 22.0. The second-order valence-electron chi connectivity index (χ2n) is 19.9. The Hall–Kier alpha value is -4.68. The highest BCUT2D eigenvalue weighted by Crippen LogP contribution is 2.54. The Balaban J connectivity index is 1.12. The maximum atomic E-state index is 2.51. The standard InChI is InChI=1S/C54H56/c1-49(2)37-17-13-15-19-39(37)51(5,6)45-29-33(21-25-41(45)49)35-23-27-43-47(31-35)53(9,10)44-28-24-36(32-48(44)54(43,11)12)34-22-26-42-46(30-34)52(7,8)40-20-16-14-18-38(40)50(42,3)4/h13-32H,1-12H3. The lowest BCUT2D eigenvalue weighted by molar-refractivity contribution is 0.520. The van der Waals surface area contributed by atoms with Gasteiger partial charge in [-0.15, -0.1) is 0 Å². The molecule has 0 amide bonds. The van der Waals surface area contributed by atoms with Crippen LogP contribution < -0.4 is 0 Å². The highest BCUT2D eigenvalue weighted by atomic mass is 14.5. The molecule has 0 atom stereocenters. The summed E-state index contributed by atoms with van der Waals surface area (Å²) in [4.78, 5) is 0. The van der Waals surface area contributed by atoms with Crippen LogP contribution in [-0.2, 0) is 32.5 Å². The van der Waals surface area contributed by atoms with Crippen LogP contribution in [0.2, 0.25) is 0 Å². The topological polar surface area (TPSA) is 0 Å². The molecule has 6 aromatic carbocycles. The van der Waals surface area contributed by atoms with Gasteiger partial charge < -0.3 is 0 Å². The van der Waals surface area contributed by atoms with Crippen LogP contribution in [0, 0.1) is 0 Å². The molecule has 0 heteroatoms. The zero-order valence-corrected chi connectivity index (χ0v) is 34.5. The van der Waals surface area contributed by atoms with Crippen LogP contribution in [0.5, 0.6) is 0 Å². The Bertz CT molecular complexity index is 2360. The fourth-order valence-corrected chi connectivity index (χ4v) is 11.2. The predicted octanol–water partition coefficient (Wildman–Crippen LogP) is 13.9. The van der Waals surface area contributed by atoms with Crippen LogP contribution in [0.25, 0.3) is 22.3 Å². The smallest absolute Gasteiger partial charge is 0.0152 e. The maximum absolute atomic E-state index is 2.51. The van der Waals surface area contributed by atoms with E-state index >= 15 is 0 Å². The lowest BCUT2D eigenvalue weighted by Gasteiger charge is -2.45. The monoisotopic (exact) mass is 704 g/mol. The van der Waals surface area contributed by atoms with Gasteiger partial charge in [-0.1, -0.05) is 180 Å². The first-order valence-electron chi connectivity index (χ1n) is 20.1. The van der Waals surface area contributed by atoms with Gasteiger partial charge in [0.2, 0.25) is 0 Å². The van der Waals surface area contributed by atoms with Gasteiger partial charge in [0.05, 0.1) is 0 Å². The molecule has 0 N–H and O–H groups in total. The Kier molecular flexibility index (Phi) is 7.12. The summed E-state index contributed by atoms with van der Waals surface area (Å²) < 4.78 is 0. The molecule has 9 rings (SSSR count). The molecule has 0 spiro atoms. The Morgan fingerprint density at radius 1 is 0.204 bits per heavy atom. The lowest BCUT2D eigenvalue weighted by atomic mass is 9.58. The molecule has 0 saturated carbocycles. The van der Waals surface area contributed by atoms with Gasteiger partial charge in [0.25, 0.3) is 0 Å². The molecule has 0 bridgehead atoms. The fraction of sp³-hybridized carbons (Fsp3) is 0.333. The number of hydrogen-bond donors (Lipinski definition) is 0. The molecule has 0 fully saturated rings. The van der Waals surface area contributed by atoms with Gasteiger partial charge in [-0.05, 0) is 113 Å². The van der Waals surface area contributed by atoms with Crippen molar-refractivity contribution in [2.45, 2.75) is 116 Å². The minimum Gasteiger partial charge on any atom is -0.0619 e. The average molecular weight is 705 g/mol. The normalized spacial score (nSPS) is 19.6. The average Bonchev–Trinajstić information content (AvgIpc) is 3.15. The zero-order valence-electron chi connectivity index (χ0n) is 34.5. The van der Waals surface area contributed by atoms with Crippen molar-refractivity contribution in [3.8, 4) is 22.3 Å². The van der Waals surface area contributed by atoms with Crippen molar-refractivity contribution >= 4 is 0 Å². The fourth-order valence-electron chi connectivity index (χ4n) is 11.2. The van der Waals surface area contributed by atoms with Crippen molar-refractivity contribution in [1.82, 2.24) is 0 Å². The van der Waals surface area contributed by atoms with E-state index in [0.717, 1.165) is 0 Å². The van der Waals surface area contributed by atoms with Crippen LogP contribution in [0.3, 0.4) is 0 Å². The van der Waals surface area contributed by atoms with Crippen LogP contribution >= 0.6 is 0 Å². The summed E-state index contributed by atoms with van der Waals surface area (Å²) in [7, 11) is 0. The first-order chi connectivity index (χ1) is 25.3. The van der Waals surface area contributed by atoms with Crippen molar-refractivity contribution in [1.29, 1.82) is 0 Å². The molecule has 0 heterocycles. The van der Waals surface area contributed by atoms with E-state index in [2.05, 4.69) is 204 Å². The SMILES string of the molecule is CC1(C)c2ccccc2C(C)(C)c2cc(-c3ccc4c(c3)C(C)(C)c3ccc(-c5ccc6c(c5)C(C)(C)c5ccccc5C6(C)C)cc3C4(C)C)ccc21. The summed E-state index contributed by atoms with van der Waals surface area (Å²) >= 11 is 0. The van der Waals surface area contributed by atoms with Crippen molar-refractivity contribution in [3.63, 3.8) is 0 Å². The van der Waals surface area contributed by atoms with Crippen molar-refractivity contribution in [2.75, 3.05) is 0 Å². The maximum Gasteiger partial charge on any atom is 0.0152 e. The second kappa shape index (κ2) is 11.0. The van der Waals surface area contributed by atoms with Gasteiger partial charge in [0, 0.05) is 32.5 Å². The molecule has 3 aliphatic carbocycles.